The average Bonchev–Trinajstić information content (AvgIpc) is 3.17. The van der Waals surface area contributed by atoms with E-state index in [9.17, 15) is 8.42 Å². The van der Waals surface area contributed by atoms with Crippen LogP contribution in [0.15, 0.2) is 29.2 Å². The van der Waals surface area contributed by atoms with E-state index < -0.39 is 10.0 Å². The smallest absolute Gasteiger partial charge is 0.240 e. The Labute approximate surface area is 120 Å². The zero-order valence-electron chi connectivity index (χ0n) is 11.7. The highest BCUT2D eigenvalue weighted by molar-refractivity contribution is 7.89. The molecule has 2 fully saturated rings. The molecule has 1 aliphatic carbocycles. The summed E-state index contributed by atoms with van der Waals surface area (Å²) in [5.74, 6) is 0. The summed E-state index contributed by atoms with van der Waals surface area (Å²) in [7, 11) is -3.34. The van der Waals surface area contributed by atoms with E-state index in [1.165, 1.54) is 0 Å². The topological polar surface area (TPSA) is 61.4 Å². The van der Waals surface area contributed by atoms with E-state index in [1.54, 1.807) is 12.1 Å². The zero-order chi connectivity index (χ0) is 14.2. The first-order valence-corrected chi connectivity index (χ1v) is 8.68. The van der Waals surface area contributed by atoms with Crippen LogP contribution in [0.2, 0.25) is 0 Å². The van der Waals surface area contributed by atoms with Crippen LogP contribution >= 0.6 is 0 Å². The van der Waals surface area contributed by atoms with Crippen LogP contribution in [0.4, 0.5) is 5.69 Å². The van der Waals surface area contributed by atoms with Crippen LogP contribution in [0.3, 0.4) is 0 Å². The van der Waals surface area contributed by atoms with Gasteiger partial charge in [0.05, 0.1) is 10.9 Å². The van der Waals surface area contributed by atoms with E-state index in [-0.39, 0.29) is 6.04 Å². The molecule has 5 nitrogen and oxygen atoms in total. The first-order valence-electron chi connectivity index (χ1n) is 7.20. The monoisotopic (exact) mass is 295 g/mol. The number of hydrogen-bond acceptors (Lipinski definition) is 4. The standard InChI is InChI=1S/C14H21N3O2S/c1-2-17(13-9-15-10-13)12-5-7-14(8-6-12)20(18,19)16-11-3-4-11/h5-8,11,13,15-16H,2-4,9-10H2,1H3. The molecule has 1 aliphatic heterocycles. The predicted octanol–water partition coefficient (Wildman–Crippen LogP) is 0.925. The second-order valence-corrected chi connectivity index (χ2v) is 7.20. The van der Waals surface area contributed by atoms with Gasteiger partial charge in [0.1, 0.15) is 0 Å². The maximum Gasteiger partial charge on any atom is 0.240 e. The molecule has 0 unspecified atom stereocenters. The fourth-order valence-corrected chi connectivity index (χ4v) is 3.76. The third kappa shape index (κ3) is 2.82. The minimum atomic E-state index is -3.34. The van der Waals surface area contributed by atoms with Gasteiger partial charge in [0.15, 0.2) is 0 Å². The molecule has 1 heterocycles. The van der Waals surface area contributed by atoms with Crippen molar-refractivity contribution in [3.05, 3.63) is 24.3 Å². The van der Waals surface area contributed by atoms with Crippen molar-refractivity contribution in [3.8, 4) is 0 Å². The van der Waals surface area contributed by atoms with Gasteiger partial charge in [-0.15, -0.1) is 0 Å². The number of nitrogens with one attached hydrogen (secondary N) is 2. The third-order valence-corrected chi connectivity index (χ3v) is 5.46. The van der Waals surface area contributed by atoms with Gasteiger partial charge in [0.25, 0.3) is 0 Å². The Morgan fingerprint density at radius 2 is 1.90 bits per heavy atom. The quantitative estimate of drug-likeness (QED) is 0.819. The largest absolute Gasteiger partial charge is 0.366 e. The Bertz CT molecular complexity index is 563. The van der Waals surface area contributed by atoms with Gasteiger partial charge in [-0.3, -0.25) is 0 Å². The molecule has 1 saturated carbocycles. The van der Waals surface area contributed by atoms with Crippen LogP contribution in [0.5, 0.6) is 0 Å². The summed E-state index contributed by atoms with van der Waals surface area (Å²) in [4.78, 5) is 2.66. The second-order valence-electron chi connectivity index (χ2n) is 5.49. The van der Waals surface area contributed by atoms with Gasteiger partial charge in [-0.05, 0) is 44.0 Å². The minimum absolute atomic E-state index is 0.146. The van der Waals surface area contributed by atoms with E-state index >= 15 is 0 Å². The fourth-order valence-electron chi connectivity index (χ4n) is 2.45. The predicted molar refractivity (Wildman–Crippen MR) is 79.5 cm³/mol. The molecule has 0 radical (unpaired) electrons. The Hall–Kier alpha value is -1.11. The lowest BCUT2D eigenvalue weighted by atomic mass is 10.1. The number of benzene rings is 1. The van der Waals surface area contributed by atoms with Crippen LogP contribution in [0, 0.1) is 0 Å². The average molecular weight is 295 g/mol. The molecule has 0 amide bonds. The van der Waals surface area contributed by atoms with E-state index in [2.05, 4.69) is 21.9 Å². The Morgan fingerprint density at radius 1 is 1.25 bits per heavy atom. The normalized spacial score (nSPS) is 19.6. The first kappa shape index (κ1) is 13.9. The zero-order valence-corrected chi connectivity index (χ0v) is 12.5. The summed E-state index contributed by atoms with van der Waals surface area (Å²) < 4.78 is 26.9. The molecule has 6 heteroatoms. The van der Waals surface area contributed by atoms with Crippen molar-refractivity contribution in [2.45, 2.75) is 36.7 Å². The van der Waals surface area contributed by atoms with Crippen LogP contribution < -0.4 is 14.9 Å². The molecule has 0 bridgehead atoms. The molecular weight excluding hydrogens is 274 g/mol. The van der Waals surface area contributed by atoms with Crippen molar-refractivity contribution in [2.24, 2.45) is 0 Å². The molecular formula is C14H21N3O2S. The molecule has 3 rings (SSSR count). The van der Waals surface area contributed by atoms with Crippen molar-refractivity contribution >= 4 is 15.7 Å². The highest BCUT2D eigenvalue weighted by atomic mass is 32.2. The van der Waals surface area contributed by atoms with E-state index in [0.29, 0.717) is 10.9 Å². The molecule has 2 aliphatic rings. The summed E-state index contributed by atoms with van der Waals surface area (Å²) in [5.41, 5.74) is 1.09. The van der Waals surface area contributed by atoms with Crippen molar-refractivity contribution in [1.82, 2.24) is 10.0 Å². The van der Waals surface area contributed by atoms with E-state index in [4.69, 9.17) is 0 Å². The number of hydrogen-bond donors (Lipinski definition) is 2. The lowest BCUT2D eigenvalue weighted by Crippen LogP contribution is -2.57. The van der Waals surface area contributed by atoms with Crippen molar-refractivity contribution in [3.63, 3.8) is 0 Å². The number of sulfonamides is 1. The molecule has 0 atom stereocenters. The van der Waals surface area contributed by atoms with Gasteiger partial charge in [-0.1, -0.05) is 0 Å². The summed E-state index contributed by atoms with van der Waals surface area (Å²) in [5, 5.41) is 3.26. The molecule has 0 spiro atoms. The van der Waals surface area contributed by atoms with E-state index in [1.807, 2.05) is 12.1 Å². The summed E-state index contributed by atoms with van der Waals surface area (Å²) in [6.07, 6.45) is 1.91. The Morgan fingerprint density at radius 3 is 2.35 bits per heavy atom. The van der Waals surface area contributed by atoms with Crippen LogP contribution in [0.1, 0.15) is 19.8 Å². The number of nitrogens with zero attached hydrogens (tertiary/aromatic N) is 1. The van der Waals surface area contributed by atoms with Gasteiger partial charge < -0.3 is 10.2 Å². The highest BCUT2D eigenvalue weighted by Gasteiger charge is 2.28. The molecule has 1 saturated heterocycles. The number of likely N-dealkylation sites (N-methyl/N-ethyl adjacent to an activating group) is 1. The van der Waals surface area contributed by atoms with Crippen LogP contribution in [-0.2, 0) is 10.0 Å². The first-order chi connectivity index (χ1) is 9.60. The summed E-state index contributed by atoms with van der Waals surface area (Å²) in [6.45, 7) is 5.05. The molecule has 110 valence electrons. The Balaban J connectivity index is 1.76. The molecule has 0 aromatic heterocycles. The van der Waals surface area contributed by atoms with Gasteiger partial charge in [0.2, 0.25) is 10.0 Å². The lowest BCUT2D eigenvalue weighted by molar-refractivity contribution is 0.417. The third-order valence-electron chi connectivity index (χ3n) is 3.92. The minimum Gasteiger partial charge on any atom is -0.366 e. The van der Waals surface area contributed by atoms with Crippen molar-refractivity contribution < 1.29 is 8.42 Å². The van der Waals surface area contributed by atoms with Crippen LogP contribution in [-0.4, -0.2) is 40.1 Å². The number of rotatable bonds is 6. The van der Waals surface area contributed by atoms with Gasteiger partial charge in [-0.2, -0.15) is 0 Å². The van der Waals surface area contributed by atoms with Crippen molar-refractivity contribution in [2.75, 3.05) is 24.5 Å². The van der Waals surface area contributed by atoms with Gasteiger partial charge >= 0.3 is 0 Å². The SMILES string of the molecule is CCN(c1ccc(S(=O)(=O)NC2CC2)cc1)C1CNC1. The molecule has 1 aromatic rings. The number of anilines is 1. The van der Waals surface area contributed by atoms with Gasteiger partial charge in [-0.25, -0.2) is 13.1 Å². The Kier molecular flexibility index (Phi) is 3.70. The molecule has 20 heavy (non-hydrogen) atoms. The fraction of sp³-hybridized carbons (Fsp3) is 0.571. The molecule has 2 N–H and O–H groups in total. The van der Waals surface area contributed by atoms with Gasteiger partial charge in [0, 0.05) is 31.4 Å². The maximum atomic E-state index is 12.1. The summed E-state index contributed by atoms with van der Waals surface area (Å²) in [6, 6.07) is 7.89. The second kappa shape index (κ2) is 5.35. The molecule has 1 aromatic carbocycles. The maximum absolute atomic E-state index is 12.1. The van der Waals surface area contributed by atoms with Crippen LogP contribution in [0.25, 0.3) is 0 Å². The summed E-state index contributed by atoms with van der Waals surface area (Å²) >= 11 is 0. The lowest BCUT2D eigenvalue weighted by Gasteiger charge is -2.39. The van der Waals surface area contributed by atoms with E-state index in [0.717, 1.165) is 38.2 Å². The highest BCUT2D eigenvalue weighted by Crippen LogP contribution is 2.24. The van der Waals surface area contributed by atoms with Crippen molar-refractivity contribution in [1.29, 1.82) is 0 Å².